The maximum atomic E-state index is 7.41. The summed E-state index contributed by atoms with van der Waals surface area (Å²) < 4.78 is 21.1. The lowest BCUT2D eigenvalue weighted by Gasteiger charge is -2.52. The molecule has 0 saturated heterocycles. The summed E-state index contributed by atoms with van der Waals surface area (Å²) in [5.41, 5.74) is 19.2. The van der Waals surface area contributed by atoms with Crippen molar-refractivity contribution >= 4 is 86.4 Å². The highest BCUT2D eigenvalue weighted by Gasteiger charge is 2.56. The van der Waals surface area contributed by atoms with Gasteiger partial charge in [-0.2, -0.15) is 0 Å². The Morgan fingerprint density at radius 1 is 0.306 bits per heavy atom. The molecule has 6 aliphatic heterocycles. The summed E-state index contributed by atoms with van der Waals surface area (Å²) in [5, 5.41) is 0. The average molecular weight is 791 g/mol. The van der Waals surface area contributed by atoms with Crippen LogP contribution in [0, 0.1) is 0 Å². The lowest BCUT2D eigenvalue weighted by Crippen LogP contribution is -2.70. The fourth-order valence-corrected chi connectivity index (χ4v) is 11.3. The van der Waals surface area contributed by atoms with Crippen molar-refractivity contribution in [3.8, 4) is 56.8 Å². The van der Waals surface area contributed by atoms with Gasteiger partial charge in [-0.05, 0) is 119 Å². The molecule has 0 aromatic heterocycles. The molecule has 286 valence electrons. The summed E-state index contributed by atoms with van der Waals surface area (Å²) in [6, 6.07) is 66.9. The number of rotatable bonds is 6. The molecule has 0 unspecified atom stereocenters. The van der Waals surface area contributed by atoms with Crippen LogP contribution in [0.1, 0.15) is 0 Å². The molecule has 0 fully saturated rings. The Labute approximate surface area is 358 Å². The van der Waals surface area contributed by atoms with Crippen LogP contribution in [0.4, 0.5) is 45.5 Å². The van der Waals surface area contributed by atoms with E-state index in [1.165, 1.54) is 55.5 Å². The zero-order chi connectivity index (χ0) is 40.2. The Hall–Kier alpha value is -8.09. The van der Waals surface area contributed by atoms with Crippen LogP contribution in [0.2, 0.25) is 0 Å². The fraction of sp³-hybridized carbons (Fsp3) is 0. The smallest absolute Gasteiger partial charge is 0.337 e. The second-order valence-corrected chi connectivity index (χ2v) is 16.8. The summed E-state index contributed by atoms with van der Waals surface area (Å²) in [5.74, 6) is 5.19. The van der Waals surface area contributed by atoms with E-state index in [0.29, 0.717) is 0 Å². The molecule has 0 aliphatic carbocycles. The fourth-order valence-electron chi connectivity index (χ4n) is 11.3. The van der Waals surface area contributed by atoms with Gasteiger partial charge < -0.3 is 28.8 Å². The van der Waals surface area contributed by atoms with E-state index >= 15 is 0 Å². The van der Waals surface area contributed by atoms with E-state index in [1.807, 2.05) is 6.07 Å². The maximum absolute atomic E-state index is 7.41. The topological polar surface area (TPSA) is 37.4 Å². The second-order valence-electron chi connectivity index (χ2n) is 16.8. The van der Waals surface area contributed by atoms with Gasteiger partial charge >= 0.3 is 6.85 Å². The number of anilines is 8. The first-order chi connectivity index (χ1) is 30.8. The van der Waals surface area contributed by atoms with Crippen molar-refractivity contribution in [2.24, 2.45) is 0 Å². The third kappa shape index (κ3) is 4.16. The van der Waals surface area contributed by atoms with Gasteiger partial charge in [-0.25, -0.2) is 0 Å². The predicted octanol–water partition coefficient (Wildman–Crippen LogP) is 10.7. The summed E-state index contributed by atoms with van der Waals surface area (Å²) in [6.07, 6.45) is 0. The van der Waals surface area contributed by atoms with Gasteiger partial charge in [0, 0.05) is 73.8 Å². The normalized spacial score (nSPS) is 13.8. The standard InChI is InChI=1S/C54H31B2N3O3/c1-5-14-32(15-6-1)57(33-16-7-2-8-17-33)36-28-40-38-24-26-44-51-53(38)59-54-39(25-27-45-52(54)55(51)50-42(60-44)22-13-23-43(50)61-45)41-29-37(31-47-49(41)56(59)48(40)46(30-36)62-47)58(34-18-9-3-10-19-34)35-20-11-4-12-21-35/h1-31H. The van der Waals surface area contributed by atoms with Crippen LogP contribution in [0.15, 0.2) is 188 Å². The molecular weight excluding hydrogens is 760 g/mol. The minimum Gasteiger partial charge on any atom is -0.458 e. The van der Waals surface area contributed by atoms with Gasteiger partial charge in [0.15, 0.2) is 0 Å². The predicted molar refractivity (Wildman–Crippen MR) is 252 cm³/mol. The van der Waals surface area contributed by atoms with Crippen LogP contribution in [0.25, 0.3) is 22.3 Å². The highest BCUT2D eigenvalue weighted by Crippen LogP contribution is 2.56. The van der Waals surface area contributed by atoms with Crippen molar-refractivity contribution in [3.05, 3.63) is 188 Å². The van der Waals surface area contributed by atoms with Crippen LogP contribution >= 0.6 is 0 Å². The molecular formula is C54H31B2N3O3. The summed E-state index contributed by atoms with van der Waals surface area (Å²) in [4.78, 5) is 7.29. The van der Waals surface area contributed by atoms with E-state index in [9.17, 15) is 0 Å². The quantitative estimate of drug-likeness (QED) is 0.156. The van der Waals surface area contributed by atoms with E-state index in [1.54, 1.807) is 0 Å². The van der Waals surface area contributed by atoms with Gasteiger partial charge in [-0.15, -0.1) is 0 Å². The first-order valence-electron chi connectivity index (χ1n) is 21.2. The first kappa shape index (κ1) is 32.7. The van der Waals surface area contributed by atoms with E-state index in [-0.39, 0.29) is 13.6 Å². The third-order valence-corrected chi connectivity index (χ3v) is 13.6. The summed E-state index contributed by atoms with van der Waals surface area (Å²) in [7, 11) is 0. The minimum atomic E-state index is -0.164. The second kappa shape index (κ2) is 11.8. The maximum Gasteiger partial charge on any atom is 0.337 e. The lowest BCUT2D eigenvalue weighted by atomic mass is 9.30. The number of hydrogen-bond donors (Lipinski definition) is 0. The molecule has 62 heavy (non-hydrogen) atoms. The number of nitrogens with zero attached hydrogens (tertiary/aromatic N) is 3. The molecule has 0 N–H and O–H groups in total. The van der Waals surface area contributed by atoms with Crippen molar-refractivity contribution in [1.29, 1.82) is 0 Å². The number of benzene rings is 9. The van der Waals surface area contributed by atoms with Crippen LogP contribution < -0.4 is 56.1 Å². The Bertz CT molecular complexity index is 3120. The molecule has 9 aromatic carbocycles. The van der Waals surface area contributed by atoms with Crippen molar-refractivity contribution in [1.82, 2.24) is 0 Å². The van der Waals surface area contributed by atoms with Crippen molar-refractivity contribution in [2.75, 3.05) is 14.6 Å². The summed E-state index contributed by atoms with van der Waals surface area (Å²) in [6.45, 7) is -0.221. The van der Waals surface area contributed by atoms with Gasteiger partial charge in [0.05, 0.1) is 11.4 Å². The number of fused-ring (bicyclic) bond motifs is 2. The number of hydrogen-bond acceptors (Lipinski definition) is 6. The molecule has 0 amide bonds. The van der Waals surface area contributed by atoms with Gasteiger partial charge in [0.25, 0.3) is 6.71 Å². The van der Waals surface area contributed by atoms with Gasteiger partial charge in [-0.3, -0.25) is 0 Å². The Balaban J connectivity index is 1.06. The molecule has 0 spiro atoms. The van der Waals surface area contributed by atoms with Crippen LogP contribution in [-0.4, -0.2) is 13.6 Å². The minimum absolute atomic E-state index is 0.0571. The third-order valence-electron chi connectivity index (χ3n) is 13.6. The SMILES string of the molecule is c1ccc(N(c2ccccc2)c2cc3c4c(c2)-c2ccc5c6c2N2B4c4c(cc(N(c7ccccc7)c7ccccc7)cc4-c4ccc7c(c42)B6c2c(cccc2O7)O5)O3)cc1. The monoisotopic (exact) mass is 791 g/mol. The molecule has 0 radical (unpaired) electrons. The molecule has 8 heteroatoms. The molecule has 0 saturated carbocycles. The molecule has 6 heterocycles. The van der Waals surface area contributed by atoms with E-state index in [4.69, 9.17) is 14.2 Å². The zero-order valence-electron chi connectivity index (χ0n) is 33.1. The molecule has 0 atom stereocenters. The van der Waals surface area contributed by atoms with Crippen molar-refractivity contribution in [2.45, 2.75) is 0 Å². The molecule has 6 aliphatic rings. The summed E-state index contributed by atoms with van der Waals surface area (Å²) >= 11 is 0. The van der Waals surface area contributed by atoms with Gasteiger partial charge in [0.2, 0.25) is 0 Å². The van der Waals surface area contributed by atoms with Crippen LogP contribution in [0.3, 0.4) is 0 Å². The first-order valence-corrected chi connectivity index (χ1v) is 21.2. The Kier molecular flexibility index (Phi) is 6.23. The molecule has 0 bridgehead atoms. The highest BCUT2D eigenvalue weighted by atomic mass is 16.5. The van der Waals surface area contributed by atoms with Crippen molar-refractivity contribution < 1.29 is 14.2 Å². The lowest BCUT2D eigenvalue weighted by molar-refractivity contribution is 0.464. The van der Waals surface area contributed by atoms with E-state index < -0.39 is 0 Å². The van der Waals surface area contributed by atoms with Crippen molar-refractivity contribution in [3.63, 3.8) is 0 Å². The largest absolute Gasteiger partial charge is 0.458 e. The molecule has 9 aromatic rings. The Morgan fingerprint density at radius 3 is 1.11 bits per heavy atom. The average Bonchev–Trinajstić information content (AvgIpc) is 3.32. The van der Waals surface area contributed by atoms with E-state index in [0.717, 1.165) is 74.1 Å². The number of ether oxygens (including phenoxy) is 3. The Morgan fingerprint density at radius 2 is 0.694 bits per heavy atom. The zero-order valence-corrected chi connectivity index (χ0v) is 33.1. The van der Waals surface area contributed by atoms with E-state index in [2.05, 4.69) is 197 Å². The number of para-hydroxylation sites is 4. The molecule has 15 rings (SSSR count). The van der Waals surface area contributed by atoms with Crippen LogP contribution in [-0.2, 0) is 0 Å². The molecule has 6 nitrogen and oxygen atoms in total. The van der Waals surface area contributed by atoms with Gasteiger partial charge in [0.1, 0.15) is 34.5 Å². The highest BCUT2D eigenvalue weighted by molar-refractivity contribution is 7.04. The van der Waals surface area contributed by atoms with Gasteiger partial charge in [-0.1, -0.05) is 78.9 Å². The van der Waals surface area contributed by atoms with Crippen LogP contribution in [0.5, 0.6) is 34.5 Å².